The normalized spacial score (nSPS) is 15.0. The Morgan fingerprint density at radius 3 is 2.86 bits per heavy atom. The van der Waals surface area contributed by atoms with E-state index in [4.69, 9.17) is 5.73 Å². The first-order valence-electron chi connectivity index (χ1n) is 4.75. The summed E-state index contributed by atoms with van der Waals surface area (Å²) < 4.78 is 0. The summed E-state index contributed by atoms with van der Waals surface area (Å²) in [7, 11) is 0. The number of hydrogen-bond acceptors (Lipinski definition) is 3. The molecule has 2 rings (SSSR count). The van der Waals surface area contributed by atoms with Gasteiger partial charge in [-0.15, -0.1) is 0 Å². The number of pyridine rings is 1. The molecule has 0 atom stereocenters. The number of primary amides is 1. The van der Waals surface area contributed by atoms with Crippen molar-refractivity contribution in [3.63, 3.8) is 0 Å². The summed E-state index contributed by atoms with van der Waals surface area (Å²) in [6, 6.07) is 5.70. The van der Waals surface area contributed by atoms with Crippen LogP contribution in [-0.2, 0) is 11.2 Å². The Morgan fingerprint density at radius 1 is 1.50 bits per heavy atom. The quantitative estimate of drug-likeness (QED) is 0.748. The Labute approximate surface area is 82.7 Å². The first kappa shape index (κ1) is 8.99. The number of nitrogens with zero attached hydrogens (tertiary/aromatic N) is 2. The van der Waals surface area contributed by atoms with Crippen molar-refractivity contribution in [3.8, 4) is 0 Å². The fraction of sp³-hybridized carbons (Fsp3) is 0.400. The van der Waals surface area contributed by atoms with Crippen molar-refractivity contribution in [2.75, 3.05) is 18.0 Å². The van der Waals surface area contributed by atoms with Crippen LogP contribution in [0.3, 0.4) is 0 Å². The summed E-state index contributed by atoms with van der Waals surface area (Å²) in [4.78, 5) is 17.2. The van der Waals surface area contributed by atoms with Crippen LogP contribution in [0.4, 0.5) is 5.82 Å². The van der Waals surface area contributed by atoms with E-state index in [2.05, 4.69) is 9.88 Å². The number of rotatable bonds is 3. The van der Waals surface area contributed by atoms with E-state index in [1.165, 1.54) is 6.42 Å². The van der Waals surface area contributed by atoms with Gasteiger partial charge in [0.2, 0.25) is 5.91 Å². The van der Waals surface area contributed by atoms with Crippen molar-refractivity contribution in [1.82, 2.24) is 4.98 Å². The highest BCUT2D eigenvalue weighted by Crippen LogP contribution is 2.17. The van der Waals surface area contributed by atoms with Gasteiger partial charge in [-0.1, -0.05) is 6.07 Å². The molecule has 1 aliphatic rings. The van der Waals surface area contributed by atoms with Gasteiger partial charge in [0.15, 0.2) is 0 Å². The van der Waals surface area contributed by atoms with Crippen LogP contribution in [0, 0.1) is 0 Å². The standard InChI is InChI=1S/C10H13N3O/c11-9(14)7-8-3-1-4-10(12-8)13-5-2-6-13/h1,3-4H,2,5-7H2,(H2,11,14). The van der Waals surface area contributed by atoms with E-state index >= 15 is 0 Å². The molecule has 1 aromatic heterocycles. The second-order valence-corrected chi connectivity index (χ2v) is 3.47. The highest BCUT2D eigenvalue weighted by atomic mass is 16.1. The lowest BCUT2D eigenvalue weighted by Gasteiger charge is -2.32. The number of nitrogens with two attached hydrogens (primary N) is 1. The van der Waals surface area contributed by atoms with Gasteiger partial charge in [0.1, 0.15) is 5.82 Å². The van der Waals surface area contributed by atoms with Gasteiger partial charge < -0.3 is 10.6 Å². The van der Waals surface area contributed by atoms with Crippen molar-refractivity contribution >= 4 is 11.7 Å². The Hall–Kier alpha value is -1.58. The van der Waals surface area contributed by atoms with Crippen LogP contribution in [0.15, 0.2) is 18.2 Å². The monoisotopic (exact) mass is 191 g/mol. The molecule has 1 fully saturated rings. The van der Waals surface area contributed by atoms with Gasteiger partial charge in [-0.05, 0) is 18.6 Å². The molecule has 0 aromatic carbocycles. The molecule has 2 N–H and O–H groups in total. The fourth-order valence-corrected chi connectivity index (χ4v) is 1.47. The number of carbonyl (C=O) groups excluding carboxylic acids is 1. The lowest BCUT2D eigenvalue weighted by Crippen LogP contribution is -2.37. The topological polar surface area (TPSA) is 59.2 Å². The predicted octanol–water partition coefficient (Wildman–Crippen LogP) is 0.319. The van der Waals surface area contributed by atoms with Crippen molar-refractivity contribution in [2.45, 2.75) is 12.8 Å². The molecule has 0 radical (unpaired) electrons. The number of anilines is 1. The molecule has 1 saturated heterocycles. The molecule has 1 aromatic rings. The smallest absolute Gasteiger partial charge is 0.223 e. The third-order valence-corrected chi connectivity index (χ3v) is 2.33. The Morgan fingerprint density at radius 2 is 2.29 bits per heavy atom. The van der Waals surface area contributed by atoms with E-state index in [1.807, 2.05) is 18.2 Å². The summed E-state index contributed by atoms with van der Waals surface area (Å²) >= 11 is 0. The summed E-state index contributed by atoms with van der Waals surface area (Å²) in [5, 5.41) is 0. The molecule has 14 heavy (non-hydrogen) atoms. The molecule has 4 heteroatoms. The van der Waals surface area contributed by atoms with Crippen molar-refractivity contribution in [1.29, 1.82) is 0 Å². The second-order valence-electron chi connectivity index (χ2n) is 3.47. The number of aromatic nitrogens is 1. The molecule has 4 nitrogen and oxygen atoms in total. The minimum Gasteiger partial charge on any atom is -0.369 e. The Balaban J connectivity index is 2.13. The van der Waals surface area contributed by atoms with Crippen LogP contribution in [0.2, 0.25) is 0 Å². The summed E-state index contributed by atoms with van der Waals surface area (Å²) in [6.45, 7) is 2.13. The van der Waals surface area contributed by atoms with Crippen LogP contribution in [0.25, 0.3) is 0 Å². The Kier molecular flexibility index (Phi) is 2.35. The predicted molar refractivity (Wildman–Crippen MR) is 54.0 cm³/mol. The van der Waals surface area contributed by atoms with Crippen LogP contribution in [-0.4, -0.2) is 24.0 Å². The van der Waals surface area contributed by atoms with Gasteiger partial charge in [0.05, 0.1) is 12.1 Å². The lowest BCUT2D eigenvalue weighted by molar-refractivity contribution is -0.117. The maximum atomic E-state index is 10.7. The third-order valence-electron chi connectivity index (χ3n) is 2.33. The van der Waals surface area contributed by atoms with Crippen molar-refractivity contribution in [3.05, 3.63) is 23.9 Å². The minimum atomic E-state index is -0.335. The number of amides is 1. The molecule has 0 spiro atoms. The zero-order valence-corrected chi connectivity index (χ0v) is 7.94. The fourth-order valence-electron chi connectivity index (χ4n) is 1.47. The molecule has 1 amide bonds. The zero-order valence-electron chi connectivity index (χ0n) is 7.94. The van der Waals surface area contributed by atoms with Gasteiger partial charge in [0.25, 0.3) is 0 Å². The van der Waals surface area contributed by atoms with Gasteiger partial charge in [-0.3, -0.25) is 4.79 Å². The third kappa shape index (κ3) is 1.84. The molecule has 0 aliphatic carbocycles. The van der Waals surface area contributed by atoms with Crippen LogP contribution < -0.4 is 10.6 Å². The summed E-state index contributed by atoms with van der Waals surface area (Å²) in [5.74, 6) is 0.619. The average Bonchev–Trinajstić information content (AvgIpc) is 1.99. The van der Waals surface area contributed by atoms with E-state index < -0.39 is 0 Å². The van der Waals surface area contributed by atoms with Crippen LogP contribution in [0.1, 0.15) is 12.1 Å². The van der Waals surface area contributed by atoms with Gasteiger partial charge in [-0.2, -0.15) is 0 Å². The molecule has 0 unspecified atom stereocenters. The summed E-state index contributed by atoms with van der Waals surface area (Å²) in [6.07, 6.45) is 1.45. The van der Waals surface area contributed by atoms with E-state index in [-0.39, 0.29) is 12.3 Å². The minimum absolute atomic E-state index is 0.224. The second kappa shape index (κ2) is 3.65. The lowest BCUT2D eigenvalue weighted by atomic mass is 10.2. The molecule has 74 valence electrons. The maximum Gasteiger partial charge on any atom is 0.223 e. The van der Waals surface area contributed by atoms with Crippen LogP contribution >= 0.6 is 0 Å². The van der Waals surface area contributed by atoms with E-state index in [0.29, 0.717) is 0 Å². The SMILES string of the molecule is NC(=O)Cc1cccc(N2CCC2)n1. The van der Waals surface area contributed by atoms with Crippen LogP contribution in [0.5, 0.6) is 0 Å². The molecule has 2 heterocycles. The first-order valence-corrected chi connectivity index (χ1v) is 4.75. The average molecular weight is 191 g/mol. The maximum absolute atomic E-state index is 10.7. The molecular weight excluding hydrogens is 178 g/mol. The first-order chi connectivity index (χ1) is 6.75. The largest absolute Gasteiger partial charge is 0.369 e. The zero-order chi connectivity index (χ0) is 9.97. The Bertz CT molecular complexity index is 347. The van der Waals surface area contributed by atoms with E-state index in [0.717, 1.165) is 24.6 Å². The van der Waals surface area contributed by atoms with Gasteiger partial charge in [0, 0.05) is 13.1 Å². The highest BCUT2D eigenvalue weighted by Gasteiger charge is 2.15. The van der Waals surface area contributed by atoms with Crippen molar-refractivity contribution in [2.24, 2.45) is 5.73 Å². The molecular formula is C10H13N3O. The highest BCUT2D eigenvalue weighted by molar-refractivity contribution is 5.76. The van der Waals surface area contributed by atoms with Gasteiger partial charge in [-0.25, -0.2) is 4.98 Å². The summed E-state index contributed by atoms with van der Waals surface area (Å²) in [5.41, 5.74) is 5.86. The molecule has 0 saturated carbocycles. The molecule has 1 aliphatic heterocycles. The van der Waals surface area contributed by atoms with E-state index in [1.54, 1.807) is 0 Å². The van der Waals surface area contributed by atoms with E-state index in [9.17, 15) is 4.79 Å². The number of hydrogen-bond donors (Lipinski definition) is 1. The van der Waals surface area contributed by atoms with Crippen molar-refractivity contribution < 1.29 is 4.79 Å². The molecule has 0 bridgehead atoms. The number of carbonyl (C=O) groups is 1. The van der Waals surface area contributed by atoms with Gasteiger partial charge >= 0.3 is 0 Å².